The molecular weight excluding hydrogens is 260 g/mol. The maximum atomic E-state index is 12.1. The van der Waals surface area contributed by atoms with E-state index in [0.717, 1.165) is 5.70 Å². The Kier molecular flexibility index (Phi) is 7.79. The molecule has 0 radical (unpaired) electrons. The minimum atomic E-state index is -0.437. The lowest BCUT2D eigenvalue weighted by Gasteiger charge is -2.35. The molecule has 0 spiro atoms. The molecule has 21 heavy (non-hydrogen) atoms. The number of carbonyl (C=O) groups excluding carboxylic acids is 1. The van der Waals surface area contributed by atoms with Crippen LogP contribution >= 0.6 is 0 Å². The van der Waals surface area contributed by atoms with Crippen LogP contribution in [0.4, 0.5) is 0 Å². The first-order valence-corrected chi connectivity index (χ1v) is 7.37. The number of amides is 1. The molecule has 2 N–H and O–H groups in total. The second-order valence-corrected chi connectivity index (χ2v) is 6.38. The molecule has 0 aromatic carbocycles. The Morgan fingerprint density at radius 1 is 1.14 bits per heavy atom. The van der Waals surface area contributed by atoms with Gasteiger partial charge in [-0.25, -0.2) is 0 Å². The lowest BCUT2D eigenvalue weighted by molar-refractivity contribution is -0.130. The molecule has 0 aliphatic rings. The highest BCUT2D eigenvalue weighted by Crippen LogP contribution is 2.28. The summed E-state index contributed by atoms with van der Waals surface area (Å²) in [6, 6.07) is 0. The smallest absolute Gasteiger partial charge is 0.225 e. The Labute approximate surface area is 129 Å². The Bertz CT molecular complexity index is 428. The van der Waals surface area contributed by atoms with Crippen LogP contribution in [0.15, 0.2) is 49.2 Å². The zero-order valence-corrected chi connectivity index (χ0v) is 14.1. The first-order valence-electron chi connectivity index (χ1n) is 7.37. The van der Waals surface area contributed by atoms with Crippen molar-refractivity contribution in [2.75, 3.05) is 6.54 Å². The summed E-state index contributed by atoms with van der Waals surface area (Å²) < 4.78 is 0. The molecular formula is C18H30N2O. The Hall–Kier alpha value is -1.77. The predicted molar refractivity (Wildman–Crippen MR) is 91.9 cm³/mol. The van der Waals surface area contributed by atoms with Crippen LogP contribution in [0.5, 0.6) is 0 Å². The highest BCUT2D eigenvalue weighted by molar-refractivity contribution is 5.81. The Balaban J connectivity index is 4.99. The van der Waals surface area contributed by atoms with Gasteiger partial charge in [0.2, 0.25) is 5.91 Å². The van der Waals surface area contributed by atoms with Crippen molar-refractivity contribution >= 4 is 5.91 Å². The standard InChI is InChI=1S/C18H30N2O/c1-8-11-13-15(12-9-2)20-18(6,7)14-17(4,5)16(21)19-10-3/h8-9,11-13,20H,1-2,10,14H2,3-7H3,(H,19,21)/b13-11-,15-12+. The molecule has 0 aromatic heterocycles. The zero-order valence-electron chi connectivity index (χ0n) is 14.1. The van der Waals surface area contributed by atoms with Crippen LogP contribution < -0.4 is 10.6 Å². The molecule has 0 saturated carbocycles. The van der Waals surface area contributed by atoms with Crippen LogP contribution in [0, 0.1) is 5.41 Å². The molecule has 0 unspecified atom stereocenters. The molecule has 0 bridgehead atoms. The fourth-order valence-corrected chi connectivity index (χ4v) is 2.46. The third-order valence-corrected chi connectivity index (χ3v) is 3.03. The van der Waals surface area contributed by atoms with Crippen LogP contribution in [0.25, 0.3) is 0 Å². The van der Waals surface area contributed by atoms with Gasteiger partial charge in [0, 0.05) is 23.2 Å². The summed E-state index contributed by atoms with van der Waals surface area (Å²) in [6.07, 6.45) is 9.89. The number of hydrogen-bond donors (Lipinski definition) is 2. The van der Waals surface area contributed by atoms with E-state index >= 15 is 0 Å². The molecule has 1 amide bonds. The number of allylic oxidation sites excluding steroid dienone is 5. The van der Waals surface area contributed by atoms with Crippen molar-refractivity contribution in [2.24, 2.45) is 5.41 Å². The fraction of sp³-hybridized carbons (Fsp3) is 0.500. The molecule has 0 saturated heterocycles. The molecule has 0 aromatic rings. The summed E-state index contributed by atoms with van der Waals surface area (Å²) >= 11 is 0. The van der Waals surface area contributed by atoms with Crippen LogP contribution in [-0.2, 0) is 4.79 Å². The van der Waals surface area contributed by atoms with E-state index in [-0.39, 0.29) is 11.4 Å². The van der Waals surface area contributed by atoms with Crippen molar-refractivity contribution in [3.63, 3.8) is 0 Å². The molecule has 0 heterocycles. The third-order valence-electron chi connectivity index (χ3n) is 3.03. The van der Waals surface area contributed by atoms with Crippen molar-refractivity contribution in [2.45, 2.75) is 46.6 Å². The van der Waals surface area contributed by atoms with Gasteiger partial charge in [0.05, 0.1) is 0 Å². The third kappa shape index (κ3) is 7.54. The summed E-state index contributed by atoms with van der Waals surface area (Å²) in [5.74, 6) is 0.0794. The quantitative estimate of drug-likeness (QED) is 0.635. The summed E-state index contributed by atoms with van der Waals surface area (Å²) in [7, 11) is 0. The largest absolute Gasteiger partial charge is 0.380 e. The summed E-state index contributed by atoms with van der Waals surface area (Å²) in [4.78, 5) is 12.1. The van der Waals surface area contributed by atoms with Crippen molar-refractivity contribution in [3.05, 3.63) is 49.2 Å². The predicted octanol–water partition coefficient (Wildman–Crippen LogP) is 3.72. The minimum Gasteiger partial charge on any atom is -0.380 e. The van der Waals surface area contributed by atoms with E-state index in [1.165, 1.54) is 0 Å². The van der Waals surface area contributed by atoms with Crippen LogP contribution in [0.2, 0.25) is 0 Å². The van der Waals surface area contributed by atoms with E-state index in [1.54, 1.807) is 12.2 Å². The number of rotatable bonds is 9. The van der Waals surface area contributed by atoms with E-state index in [1.807, 2.05) is 39.0 Å². The van der Waals surface area contributed by atoms with Gasteiger partial charge in [0.1, 0.15) is 0 Å². The van der Waals surface area contributed by atoms with Gasteiger partial charge in [-0.1, -0.05) is 45.2 Å². The number of hydrogen-bond acceptors (Lipinski definition) is 2. The molecule has 118 valence electrons. The summed E-state index contributed by atoms with van der Waals surface area (Å²) in [5.41, 5.74) is 0.282. The van der Waals surface area contributed by atoms with Crippen LogP contribution in [0.3, 0.4) is 0 Å². The van der Waals surface area contributed by atoms with Gasteiger partial charge in [-0.05, 0) is 39.3 Å². The summed E-state index contributed by atoms with van der Waals surface area (Å²) in [5, 5.41) is 6.35. The van der Waals surface area contributed by atoms with Crippen LogP contribution in [-0.4, -0.2) is 18.0 Å². The van der Waals surface area contributed by atoms with Crippen molar-refractivity contribution in [3.8, 4) is 0 Å². The normalized spacial score (nSPS) is 13.1. The van der Waals surface area contributed by atoms with Gasteiger partial charge in [-0.15, -0.1) is 0 Å². The van der Waals surface area contributed by atoms with Crippen molar-refractivity contribution < 1.29 is 4.79 Å². The average molecular weight is 290 g/mol. The van der Waals surface area contributed by atoms with E-state index in [2.05, 4.69) is 37.6 Å². The second-order valence-electron chi connectivity index (χ2n) is 6.38. The molecule has 3 nitrogen and oxygen atoms in total. The van der Waals surface area contributed by atoms with E-state index in [4.69, 9.17) is 0 Å². The van der Waals surface area contributed by atoms with Gasteiger partial charge in [-0.2, -0.15) is 0 Å². The van der Waals surface area contributed by atoms with E-state index < -0.39 is 5.41 Å². The topological polar surface area (TPSA) is 41.1 Å². The van der Waals surface area contributed by atoms with Crippen molar-refractivity contribution in [1.29, 1.82) is 0 Å². The molecule has 0 atom stereocenters. The van der Waals surface area contributed by atoms with E-state index in [9.17, 15) is 4.79 Å². The first-order chi connectivity index (χ1) is 9.68. The summed E-state index contributed by atoms with van der Waals surface area (Å²) in [6.45, 7) is 18.1. The first kappa shape index (κ1) is 19.2. The Morgan fingerprint density at radius 2 is 1.76 bits per heavy atom. The fourth-order valence-electron chi connectivity index (χ4n) is 2.46. The van der Waals surface area contributed by atoms with Gasteiger partial charge in [0.25, 0.3) is 0 Å². The molecule has 0 rings (SSSR count). The van der Waals surface area contributed by atoms with E-state index in [0.29, 0.717) is 13.0 Å². The zero-order chi connectivity index (χ0) is 16.5. The van der Waals surface area contributed by atoms with Gasteiger partial charge >= 0.3 is 0 Å². The molecule has 0 fully saturated rings. The monoisotopic (exact) mass is 290 g/mol. The SMILES string of the molecule is C=C/C=C\C(=C/C=C)NC(C)(C)CC(C)(C)C(=O)NCC. The van der Waals surface area contributed by atoms with Gasteiger partial charge in [-0.3, -0.25) is 4.79 Å². The van der Waals surface area contributed by atoms with Crippen LogP contribution in [0.1, 0.15) is 41.0 Å². The molecule has 0 aliphatic heterocycles. The maximum absolute atomic E-state index is 12.1. The Morgan fingerprint density at radius 3 is 2.24 bits per heavy atom. The second kappa shape index (κ2) is 8.50. The lowest BCUT2D eigenvalue weighted by atomic mass is 9.79. The minimum absolute atomic E-state index is 0.0794. The van der Waals surface area contributed by atoms with Gasteiger partial charge in [0.15, 0.2) is 0 Å². The lowest BCUT2D eigenvalue weighted by Crippen LogP contribution is -2.47. The highest BCUT2D eigenvalue weighted by atomic mass is 16.2. The van der Waals surface area contributed by atoms with Gasteiger partial charge < -0.3 is 10.6 Å². The maximum Gasteiger partial charge on any atom is 0.225 e. The van der Waals surface area contributed by atoms with Crippen molar-refractivity contribution in [1.82, 2.24) is 10.6 Å². The highest BCUT2D eigenvalue weighted by Gasteiger charge is 2.34. The molecule has 0 aliphatic carbocycles. The average Bonchev–Trinajstić information content (AvgIpc) is 2.34. The number of carbonyl (C=O) groups is 1. The molecule has 3 heteroatoms. The number of nitrogens with one attached hydrogen (secondary N) is 2.